The van der Waals surface area contributed by atoms with Gasteiger partial charge in [0.05, 0.1) is 22.9 Å². The molecule has 1 aliphatic carbocycles. The van der Waals surface area contributed by atoms with Crippen LogP contribution in [0.15, 0.2) is 48.5 Å². The first kappa shape index (κ1) is 36.5. The third kappa shape index (κ3) is 8.24. The van der Waals surface area contributed by atoms with Crippen molar-refractivity contribution in [3.63, 3.8) is 0 Å². The molecule has 252 valence electrons. The van der Waals surface area contributed by atoms with Gasteiger partial charge in [0.25, 0.3) is 0 Å². The molecule has 0 bridgehead atoms. The Morgan fingerprint density at radius 2 is 1.53 bits per heavy atom. The number of hydrogen-bond acceptors (Lipinski definition) is 3. The highest BCUT2D eigenvalue weighted by Gasteiger charge is 2.67. The topological polar surface area (TPSA) is 63.2 Å². The fraction of sp³-hybridized carbons (Fsp3) is 0.323. The summed E-state index contributed by atoms with van der Waals surface area (Å²) in [6, 6.07) is 7.35. The van der Waals surface area contributed by atoms with Crippen LogP contribution in [0.5, 0.6) is 0 Å². The van der Waals surface area contributed by atoms with E-state index in [1.54, 1.807) is 0 Å². The van der Waals surface area contributed by atoms with Crippen LogP contribution in [0.4, 0.5) is 45.2 Å². The van der Waals surface area contributed by atoms with Crippen LogP contribution in [0.25, 0.3) is 0 Å². The van der Waals surface area contributed by atoms with Crippen molar-refractivity contribution in [1.29, 1.82) is 0 Å². The smallest absolute Gasteiger partial charge is 0.326 e. The average molecular weight is 733 g/mol. The molecule has 3 aromatic rings. The maximum absolute atomic E-state index is 15.2. The number of benzene rings is 3. The molecule has 1 aliphatic rings. The van der Waals surface area contributed by atoms with Crippen molar-refractivity contribution in [3.8, 4) is 0 Å². The lowest BCUT2D eigenvalue weighted by atomic mass is 9.93. The Kier molecular flexibility index (Phi) is 10.4. The molecule has 1 unspecified atom stereocenters. The highest BCUT2D eigenvalue weighted by atomic mass is 35.5. The normalized spacial score (nSPS) is 18.1. The van der Waals surface area contributed by atoms with Gasteiger partial charge in [-0.2, -0.15) is 26.3 Å². The van der Waals surface area contributed by atoms with Crippen LogP contribution in [0.3, 0.4) is 0 Å². The van der Waals surface area contributed by atoms with Gasteiger partial charge in [0.2, 0.25) is 5.91 Å². The van der Waals surface area contributed by atoms with Crippen molar-refractivity contribution < 1.29 is 53.9 Å². The van der Waals surface area contributed by atoms with E-state index in [0.717, 1.165) is 31.2 Å². The number of carbonyl (C=O) groups excluding carboxylic acids is 3. The van der Waals surface area contributed by atoms with Gasteiger partial charge in [-0.25, -0.2) is 13.2 Å². The Morgan fingerprint density at radius 3 is 2.15 bits per heavy atom. The lowest BCUT2D eigenvalue weighted by Crippen LogP contribution is -2.22. The van der Waals surface area contributed by atoms with Crippen molar-refractivity contribution in [1.82, 2.24) is 0 Å². The van der Waals surface area contributed by atoms with Gasteiger partial charge in [-0.15, -0.1) is 23.2 Å². The van der Waals surface area contributed by atoms with E-state index in [4.69, 9.17) is 34.8 Å². The first-order valence-electron chi connectivity index (χ1n) is 13.5. The summed E-state index contributed by atoms with van der Waals surface area (Å²) in [4.78, 5) is 38.4. The molecule has 1 fully saturated rings. The first-order chi connectivity index (χ1) is 21.6. The Bertz CT molecular complexity index is 1740. The summed E-state index contributed by atoms with van der Waals surface area (Å²) in [6.45, 7) is 0.975. The second-order valence-electron chi connectivity index (χ2n) is 11.0. The minimum Gasteiger partial charge on any atom is -0.326 e. The van der Waals surface area contributed by atoms with Crippen LogP contribution in [-0.2, 0) is 28.6 Å². The van der Waals surface area contributed by atoms with Gasteiger partial charge in [0, 0.05) is 41.5 Å². The summed E-state index contributed by atoms with van der Waals surface area (Å²) >= 11 is 18.6. The van der Waals surface area contributed by atoms with Crippen molar-refractivity contribution in [2.24, 2.45) is 11.8 Å². The minimum atomic E-state index is -5.02. The number of rotatable bonds is 10. The third-order valence-corrected chi connectivity index (χ3v) is 8.85. The van der Waals surface area contributed by atoms with E-state index in [2.05, 4.69) is 5.32 Å². The Hall–Kier alpha value is -3.29. The molecule has 1 saturated carbocycles. The quantitative estimate of drug-likeness (QED) is 0.128. The third-order valence-electron chi connectivity index (χ3n) is 7.58. The number of carbonyl (C=O) groups is 3. The molecule has 3 atom stereocenters. The van der Waals surface area contributed by atoms with Gasteiger partial charge >= 0.3 is 12.4 Å². The summed E-state index contributed by atoms with van der Waals surface area (Å²) in [5.74, 6) is -10.8. The fourth-order valence-corrected chi connectivity index (χ4v) is 6.13. The summed E-state index contributed by atoms with van der Waals surface area (Å²) in [7, 11) is 0. The molecular formula is C31H21Cl3F9NO3. The van der Waals surface area contributed by atoms with Crippen molar-refractivity contribution in [2.45, 2.75) is 48.8 Å². The SMILES string of the molecule is CC(CC(F)(F)F)C(=O)Cc1c(F)ccc(CC(=O)c2cc(NC(=O)[C@H]3[C@H](c4ccc(F)c(C(F)(F)F)c4)C3(Cl)Cl)ccc2Cl)c1F. The molecule has 0 heterocycles. The molecule has 0 spiro atoms. The van der Waals surface area contributed by atoms with E-state index in [1.165, 1.54) is 12.1 Å². The predicted molar refractivity (Wildman–Crippen MR) is 155 cm³/mol. The summed E-state index contributed by atoms with van der Waals surface area (Å²) in [5.41, 5.74) is -3.20. The number of ketones is 2. The molecule has 0 aromatic heterocycles. The molecule has 1 N–H and O–H groups in total. The van der Waals surface area contributed by atoms with Crippen LogP contribution in [0.2, 0.25) is 5.02 Å². The van der Waals surface area contributed by atoms with Crippen LogP contribution in [0, 0.1) is 29.3 Å². The Morgan fingerprint density at radius 1 is 0.894 bits per heavy atom. The van der Waals surface area contributed by atoms with Crippen molar-refractivity contribution in [3.05, 3.63) is 98.8 Å². The summed E-state index contributed by atoms with van der Waals surface area (Å²) in [5, 5.41) is 2.27. The van der Waals surface area contributed by atoms with E-state index >= 15 is 4.39 Å². The van der Waals surface area contributed by atoms with E-state index in [9.17, 15) is 49.5 Å². The average Bonchev–Trinajstić information content (AvgIpc) is 3.53. The number of alkyl halides is 8. The number of hydrogen-bond donors (Lipinski definition) is 1. The van der Waals surface area contributed by atoms with Crippen LogP contribution in [0.1, 0.15) is 51.9 Å². The zero-order valence-corrected chi connectivity index (χ0v) is 26.0. The van der Waals surface area contributed by atoms with Gasteiger partial charge in [0.1, 0.15) is 27.6 Å². The Labute approximate surface area is 276 Å². The highest BCUT2D eigenvalue weighted by molar-refractivity contribution is 6.53. The molecule has 0 aliphatic heterocycles. The molecule has 0 radical (unpaired) electrons. The number of Topliss-reactive ketones (excluding diaryl/α,β-unsaturated/α-hetero) is 2. The molecule has 3 aromatic carbocycles. The highest BCUT2D eigenvalue weighted by Crippen LogP contribution is 2.65. The number of amides is 1. The molecule has 4 nitrogen and oxygen atoms in total. The van der Waals surface area contributed by atoms with Gasteiger partial charge in [-0.3, -0.25) is 14.4 Å². The Balaban J connectivity index is 1.50. The maximum Gasteiger partial charge on any atom is 0.419 e. The number of anilines is 1. The zero-order chi connectivity index (χ0) is 35.2. The molecule has 4 rings (SSSR count). The largest absolute Gasteiger partial charge is 0.419 e. The second-order valence-corrected chi connectivity index (χ2v) is 12.9. The van der Waals surface area contributed by atoms with Crippen molar-refractivity contribution >= 4 is 58.0 Å². The predicted octanol–water partition coefficient (Wildman–Crippen LogP) is 9.43. The zero-order valence-electron chi connectivity index (χ0n) is 23.7. The molecule has 0 saturated heterocycles. The standard InChI is InChI=1S/C31H21Cl3F9NO3/c1-13(12-29(38,39)40)23(45)11-18-21(35)6-3-15(27(18)37)9-24(46)17-10-16(4-5-20(17)32)44-28(47)26-25(30(26,33)34)14-2-7-22(36)19(8-14)31(41,42)43/h2-8,10,13,25-26H,9,11-12H2,1H3,(H,44,47)/t13?,25-,26+/m0/s1. The van der Waals surface area contributed by atoms with Gasteiger partial charge in [-0.05, 0) is 47.5 Å². The van der Waals surface area contributed by atoms with Crippen LogP contribution < -0.4 is 5.32 Å². The fourth-order valence-electron chi connectivity index (χ4n) is 5.08. The second kappa shape index (κ2) is 13.3. The van der Waals surface area contributed by atoms with E-state index < -0.39 is 99.8 Å². The minimum absolute atomic E-state index is 0.0443. The first-order valence-corrected chi connectivity index (χ1v) is 14.7. The monoisotopic (exact) mass is 731 g/mol. The lowest BCUT2D eigenvalue weighted by molar-refractivity contribution is -0.151. The molecular weight excluding hydrogens is 712 g/mol. The van der Waals surface area contributed by atoms with Crippen LogP contribution >= 0.6 is 34.8 Å². The van der Waals surface area contributed by atoms with Gasteiger partial charge in [-0.1, -0.05) is 30.7 Å². The molecule has 47 heavy (non-hydrogen) atoms. The molecule has 16 heteroatoms. The van der Waals surface area contributed by atoms with Crippen molar-refractivity contribution in [2.75, 3.05) is 5.32 Å². The molecule has 1 amide bonds. The van der Waals surface area contributed by atoms with Gasteiger partial charge in [0.15, 0.2) is 5.78 Å². The number of nitrogens with one attached hydrogen (secondary N) is 1. The van der Waals surface area contributed by atoms with Crippen LogP contribution in [-0.4, -0.2) is 28.0 Å². The lowest BCUT2D eigenvalue weighted by Gasteiger charge is -2.15. The van der Waals surface area contributed by atoms with E-state index in [-0.39, 0.29) is 27.4 Å². The van der Waals surface area contributed by atoms with E-state index in [0.29, 0.717) is 12.1 Å². The summed E-state index contributed by atoms with van der Waals surface area (Å²) < 4.78 is 119. The van der Waals surface area contributed by atoms with Gasteiger partial charge < -0.3 is 5.32 Å². The number of halogens is 12. The summed E-state index contributed by atoms with van der Waals surface area (Å²) in [6.07, 6.45) is -12.9. The maximum atomic E-state index is 15.2. The van der Waals surface area contributed by atoms with E-state index in [1.807, 2.05) is 0 Å².